The van der Waals surface area contributed by atoms with Crippen LogP contribution in [0.1, 0.15) is 51.9 Å². The van der Waals surface area contributed by atoms with Gasteiger partial charge in [0.2, 0.25) is 0 Å². The highest BCUT2D eigenvalue weighted by Crippen LogP contribution is 2.48. The first-order valence-corrected chi connectivity index (χ1v) is 6.12. The molecular weight excluding hydrogens is 198 g/mol. The van der Waals surface area contributed by atoms with Gasteiger partial charge < -0.3 is 4.74 Å². The first kappa shape index (κ1) is 12.9. The van der Waals surface area contributed by atoms with E-state index >= 15 is 0 Å². The second-order valence-electron chi connectivity index (χ2n) is 4.50. The van der Waals surface area contributed by atoms with Crippen LogP contribution in [-0.2, 0) is 4.74 Å². The van der Waals surface area contributed by atoms with Crippen LogP contribution in [0.15, 0.2) is 0 Å². The standard InChI is InChI=1S/C12H22F2O/c1-2-3-4-5-6-7-8-15-10-11-9-12(11,13)14/h11H,2-10H2,1H3. The summed E-state index contributed by atoms with van der Waals surface area (Å²) < 4.78 is 30.1. The van der Waals surface area contributed by atoms with E-state index in [0.717, 1.165) is 6.42 Å². The predicted octanol–water partition coefficient (Wildman–Crippen LogP) is 4.02. The molecule has 0 aromatic rings. The van der Waals surface area contributed by atoms with Gasteiger partial charge in [-0.15, -0.1) is 0 Å². The van der Waals surface area contributed by atoms with Gasteiger partial charge in [-0.3, -0.25) is 0 Å². The van der Waals surface area contributed by atoms with Crippen molar-refractivity contribution < 1.29 is 13.5 Å². The van der Waals surface area contributed by atoms with Crippen molar-refractivity contribution in [3.05, 3.63) is 0 Å². The number of ether oxygens (including phenoxy) is 1. The molecule has 0 N–H and O–H groups in total. The minimum absolute atomic E-state index is 0.0312. The Bertz CT molecular complexity index is 171. The van der Waals surface area contributed by atoms with Crippen molar-refractivity contribution in [3.8, 4) is 0 Å². The molecule has 90 valence electrons. The summed E-state index contributed by atoms with van der Waals surface area (Å²) in [7, 11) is 0. The van der Waals surface area contributed by atoms with Gasteiger partial charge in [-0.05, 0) is 6.42 Å². The van der Waals surface area contributed by atoms with E-state index < -0.39 is 11.8 Å². The summed E-state index contributed by atoms with van der Waals surface area (Å²) in [5.74, 6) is -2.90. The lowest BCUT2D eigenvalue weighted by molar-refractivity contribution is 0.0536. The van der Waals surface area contributed by atoms with Crippen LogP contribution in [0.5, 0.6) is 0 Å². The lowest BCUT2D eigenvalue weighted by Crippen LogP contribution is -2.04. The molecule has 1 atom stereocenters. The molecule has 1 aliphatic carbocycles. The van der Waals surface area contributed by atoms with E-state index in [1.54, 1.807) is 0 Å². The number of halogens is 2. The fourth-order valence-corrected chi connectivity index (χ4v) is 1.66. The maximum atomic E-state index is 12.4. The zero-order valence-electron chi connectivity index (χ0n) is 9.61. The summed E-state index contributed by atoms with van der Waals surface area (Å²) >= 11 is 0. The fraction of sp³-hybridized carbons (Fsp3) is 1.00. The van der Waals surface area contributed by atoms with Crippen molar-refractivity contribution >= 4 is 0 Å². The molecule has 1 nitrogen and oxygen atoms in total. The van der Waals surface area contributed by atoms with Crippen LogP contribution < -0.4 is 0 Å². The van der Waals surface area contributed by atoms with Gasteiger partial charge in [0.25, 0.3) is 5.92 Å². The summed E-state index contributed by atoms with van der Waals surface area (Å²) in [6, 6.07) is 0. The molecule has 15 heavy (non-hydrogen) atoms. The van der Waals surface area contributed by atoms with Crippen molar-refractivity contribution in [2.24, 2.45) is 5.92 Å². The summed E-state index contributed by atoms with van der Waals surface area (Å²) in [6.07, 6.45) is 7.31. The number of unbranched alkanes of at least 4 members (excludes halogenated alkanes) is 5. The Morgan fingerprint density at radius 1 is 1.13 bits per heavy atom. The summed E-state index contributed by atoms with van der Waals surface area (Å²) in [5, 5.41) is 0. The van der Waals surface area contributed by atoms with Gasteiger partial charge in [-0.1, -0.05) is 39.0 Å². The van der Waals surface area contributed by atoms with E-state index in [0.29, 0.717) is 6.61 Å². The number of hydrogen-bond donors (Lipinski definition) is 0. The molecule has 1 fully saturated rings. The zero-order valence-corrected chi connectivity index (χ0v) is 9.61. The van der Waals surface area contributed by atoms with Crippen LogP contribution in [-0.4, -0.2) is 19.1 Å². The van der Waals surface area contributed by atoms with E-state index in [1.807, 2.05) is 0 Å². The Hall–Kier alpha value is -0.180. The Morgan fingerprint density at radius 3 is 2.33 bits per heavy atom. The van der Waals surface area contributed by atoms with Gasteiger partial charge >= 0.3 is 0 Å². The van der Waals surface area contributed by atoms with Crippen molar-refractivity contribution in [3.63, 3.8) is 0 Å². The Balaban J connectivity index is 1.74. The third-order valence-electron chi connectivity index (χ3n) is 2.92. The van der Waals surface area contributed by atoms with Crippen LogP contribution in [0, 0.1) is 5.92 Å². The fourth-order valence-electron chi connectivity index (χ4n) is 1.66. The minimum atomic E-state index is -2.42. The number of hydrogen-bond acceptors (Lipinski definition) is 1. The van der Waals surface area contributed by atoms with Crippen molar-refractivity contribution in [2.75, 3.05) is 13.2 Å². The minimum Gasteiger partial charge on any atom is -0.381 e. The topological polar surface area (TPSA) is 9.23 Å². The molecule has 1 aliphatic rings. The molecule has 3 heteroatoms. The first-order valence-electron chi connectivity index (χ1n) is 6.12. The lowest BCUT2D eigenvalue weighted by Gasteiger charge is -2.03. The number of rotatable bonds is 9. The van der Waals surface area contributed by atoms with E-state index in [1.165, 1.54) is 32.1 Å². The van der Waals surface area contributed by atoms with Gasteiger partial charge in [0.15, 0.2) is 0 Å². The smallest absolute Gasteiger partial charge is 0.253 e. The molecular formula is C12H22F2O. The molecule has 1 saturated carbocycles. The van der Waals surface area contributed by atoms with Crippen LogP contribution in [0.3, 0.4) is 0 Å². The maximum absolute atomic E-state index is 12.4. The van der Waals surface area contributed by atoms with E-state index in [4.69, 9.17) is 4.74 Å². The molecule has 0 aromatic heterocycles. The van der Waals surface area contributed by atoms with Gasteiger partial charge in [0, 0.05) is 13.0 Å². The van der Waals surface area contributed by atoms with Crippen molar-refractivity contribution in [1.82, 2.24) is 0 Å². The van der Waals surface area contributed by atoms with Crippen LogP contribution in [0.4, 0.5) is 8.78 Å². The van der Waals surface area contributed by atoms with Crippen LogP contribution >= 0.6 is 0 Å². The molecule has 0 bridgehead atoms. The van der Waals surface area contributed by atoms with Gasteiger partial charge in [-0.2, -0.15) is 0 Å². The maximum Gasteiger partial charge on any atom is 0.253 e. The normalized spacial score (nSPS) is 23.0. The molecule has 0 aromatic carbocycles. The quantitative estimate of drug-likeness (QED) is 0.533. The average Bonchev–Trinajstić information content (AvgIpc) is 2.79. The predicted molar refractivity (Wildman–Crippen MR) is 57.2 cm³/mol. The SMILES string of the molecule is CCCCCCCCOCC1CC1(F)F. The average molecular weight is 220 g/mol. The number of alkyl halides is 2. The molecule has 0 radical (unpaired) electrons. The molecule has 0 amide bonds. The van der Waals surface area contributed by atoms with Crippen LogP contribution in [0.2, 0.25) is 0 Å². The van der Waals surface area contributed by atoms with Crippen LogP contribution in [0.25, 0.3) is 0 Å². The van der Waals surface area contributed by atoms with Crippen molar-refractivity contribution in [2.45, 2.75) is 57.8 Å². The molecule has 1 unspecified atom stereocenters. The summed E-state index contributed by atoms with van der Waals surface area (Å²) in [4.78, 5) is 0. The largest absolute Gasteiger partial charge is 0.381 e. The summed E-state index contributed by atoms with van der Waals surface area (Å²) in [5.41, 5.74) is 0. The van der Waals surface area contributed by atoms with E-state index in [-0.39, 0.29) is 13.0 Å². The Kier molecular flexibility index (Phi) is 5.51. The highest BCUT2D eigenvalue weighted by atomic mass is 19.3. The first-order chi connectivity index (χ1) is 7.17. The molecule has 0 spiro atoms. The van der Waals surface area contributed by atoms with Gasteiger partial charge in [0.1, 0.15) is 0 Å². The Morgan fingerprint density at radius 2 is 1.73 bits per heavy atom. The molecule has 0 heterocycles. The van der Waals surface area contributed by atoms with Gasteiger partial charge in [0.05, 0.1) is 12.5 Å². The monoisotopic (exact) mass is 220 g/mol. The second-order valence-corrected chi connectivity index (χ2v) is 4.50. The van der Waals surface area contributed by atoms with Crippen molar-refractivity contribution in [1.29, 1.82) is 0 Å². The highest BCUT2D eigenvalue weighted by molar-refractivity contribution is 4.94. The van der Waals surface area contributed by atoms with Gasteiger partial charge in [-0.25, -0.2) is 8.78 Å². The molecule has 0 aliphatic heterocycles. The molecule has 0 saturated heterocycles. The molecule has 1 rings (SSSR count). The second kappa shape index (κ2) is 6.41. The third kappa shape index (κ3) is 5.45. The summed E-state index contributed by atoms with van der Waals surface area (Å²) in [6.45, 7) is 3.10. The Labute approximate surface area is 91.2 Å². The van der Waals surface area contributed by atoms with E-state index in [2.05, 4.69) is 6.92 Å². The third-order valence-corrected chi connectivity index (χ3v) is 2.92. The zero-order chi connectivity index (χ0) is 11.1. The highest BCUT2D eigenvalue weighted by Gasteiger charge is 2.56. The van der Waals surface area contributed by atoms with E-state index in [9.17, 15) is 8.78 Å². The lowest BCUT2D eigenvalue weighted by atomic mass is 10.1.